The van der Waals surface area contributed by atoms with E-state index in [0.717, 1.165) is 22.8 Å². The molecule has 0 atom stereocenters. The van der Waals surface area contributed by atoms with Gasteiger partial charge in [0.05, 0.1) is 5.69 Å². The quantitative estimate of drug-likeness (QED) is 0.882. The summed E-state index contributed by atoms with van der Waals surface area (Å²) >= 11 is 1.68. The molecule has 0 saturated carbocycles. The number of rotatable bonds is 4. The Morgan fingerprint density at radius 1 is 1.31 bits per heavy atom. The highest BCUT2D eigenvalue weighted by atomic mass is 32.1. The first-order valence-corrected chi connectivity index (χ1v) is 6.22. The van der Waals surface area contributed by atoms with E-state index in [0.29, 0.717) is 6.04 Å². The molecule has 0 bridgehead atoms. The molecule has 84 valence electrons. The highest BCUT2D eigenvalue weighted by Crippen LogP contribution is 2.22. The standard InChI is InChI=1S/C12H15N3S/c1-9(2)14-7-11-8-16-12(15-11)10-3-5-13-6-4-10/h3-6,8-9,14H,7H2,1-2H3. The molecular formula is C12H15N3S. The molecule has 0 radical (unpaired) electrons. The zero-order valence-electron chi connectivity index (χ0n) is 9.47. The van der Waals surface area contributed by atoms with Gasteiger partial charge < -0.3 is 5.32 Å². The van der Waals surface area contributed by atoms with Gasteiger partial charge in [0.1, 0.15) is 5.01 Å². The average molecular weight is 233 g/mol. The van der Waals surface area contributed by atoms with Crippen LogP contribution < -0.4 is 5.32 Å². The van der Waals surface area contributed by atoms with Crippen molar-refractivity contribution in [3.8, 4) is 10.6 Å². The van der Waals surface area contributed by atoms with Crippen molar-refractivity contribution >= 4 is 11.3 Å². The van der Waals surface area contributed by atoms with Crippen LogP contribution in [0.3, 0.4) is 0 Å². The minimum atomic E-state index is 0.492. The van der Waals surface area contributed by atoms with E-state index in [4.69, 9.17) is 0 Å². The summed E-state index contributed by atoms with van der Waals surface area (Å²) in [7, 11) is 0. The molecule has 2 heterocycles. The van der Waals surface area contributed by atoms with Gasteiger partial charge in [0, 0.05) is 35.9 Å². The normalized spacial score (nSPS) is 10.9. The summed E-state index contributed by atoms with van der Waals surface area (Å²) in [6, 6.07) is 4.46. The third kappa shape index (κ3) is 2.87. The van der Waals surface area contributed by atoms with Gasteiger partial charge in [-0.15, -0.1) is 11.3 Å². The summed E-state index contributed by atoms with van der Waals surface area (Å²) < 4.78 is 0. The second-order valence-corrected chi connectivity index (χ2v) is 4.77. The maximum Gasteiger partial charge on any atom is 0.123 e. The van der Waals surface area contributed by atoms with E-state index >= 15 is 0 Å². The monoisotopic (exact) mass is 233 g/mol. The zero-order valence-corrected chi connectivity index (χ0v) is 10.3. The minimum absolute atomic E-state index is 0.492. The first kappa shape index (κ1) is 11.2. The summed E-state index contributed by atoms with van der Waals surface area (Å²) in [5, 5.41) is 6.52. The van der Waals surface area contributed by atoms with Crippen LogP contribution in [0.2, 0.25) is 0 Å². The maximum atomic E-state index is 4.58. The van der Waals surface area contributed by atoms with E-state index in [9.17, 15) is 0 Å². The first-order chi connectivity index (χ1) is 7.75. The van der Waals surface area contributed by atoms with Gasteiger partial charge in [-0.05, 0) is 12.1 Å². The average Bonchev–Trinajstić information content (AvgIpc) is 2.76. The van der Waals surface area contributed by atoms with Crippen LogP contribution in [0.1, 0.15) is 19.5 Å². The Labute approximate surface area is 99.6 Å². The lowest BCUT2D eigenvalue weighted by atomic mass is 10.3. The molecule has 0 amide bonds. The van der Waals surface area contributed by atoms with Crippen molar-refractivity contribution in [2.75, 3.05) is 0 Å². The maximum absolute atomic E-state index is 4.58. The van der Waals surface area contributed by atoms with Crippen LogP contribution in [0.4, 0.5) is 0 Å². The van der Waals surface area contributed by atoms with E-state index in [2.05, 4.69) is 34.5 Å². The molecule has 1 N–H and O–H groups in total. The SMILES string of the molecule is CC(C)NCc1csc(-c2ccncc2)n1. The van der Waals surface area contributed by atoms with Crippen LogP contribution in [0.25, 0.3) is 10.6 Å². The van der Waals surface area contributed by atoms with Gasteiger partial charge in [0.2, 0.25) is 0 Å². The molecule has 0 unspecified atom stereocenters. The van der Waals surface area contributed by atoms with Crippen molar-refractivity contribution in [3.05, 3.63) is 35.6 Å². The molecule has 0 fully saturated rings. The predicted molar refractivity (Wildman–Crippen MR) is 67.3 cm³/mol. The molecule has 0 aliphatic rings. The van der Waals surface area contributed by atoms with Crippen LogP contribution in [0.15, 0.2) is 29.9 Å². The van der Waals surface area contributed by atoms with Gasteiger partial charge in [-0.1, -0.05) is 13.8 Å². The number of thiazole rings is 1. The molecule has 4 heteroatoms. The number of hydrogen-bond acceptors (Lipinski definition) is 4. The number of aromatic nitrogens is 2. The number of nitrogens with one attached hydrogen (secondary N) is 1. The van der Waals surface area contributed by atoms with Crippen molar-refractivity contribution in [2.24, 2.45) is 0 Å². The van der Waals surface area contributed by atoms with Gasteiger partial charge in [0.25, 0.3) is 0 Å². The second kappa shape index (κ2) is 5.18. The van der Waals surface area contributed by atoms with Crippen molar-refractivity contribution in [1.82, 2.24) is 15.3 Å². The summed E-state index contributed by atoms with van der Waals surface area (Å²) in [5.74, 6) is 0. The van der Waals surface area contributed by atoms with Crippen LogP contribution in [0, 0.1) is 0 Å². The summed E-state index contributed by atoms with van der Waals surface area (Å²) in [4.78, 5) is 8.58. The molecule has 0 aliphatic carbocycles. The Hall–Kier alpha value is -1.26. The van der Waals surface area contributed by atoms with Gasteiger partial charge in [-0.2, -0.15) is 0 Å². The highest BCUT2D eigenvalue weighted by Gasteiger charge is 2.04. The Kier molecular flexibility index (Phi) is 3.64. The topological polar surface area (TPSA) is 37.8 Å². The van der Waals surface area contributed by atoms with Crippen molar-refractivity contribution in [2.45, 2.75) is 26.4 Å². The van der Waals surface area contributed by atoms with Crippen molar-refractivity contribution in [3.63, 3.8) is 0 Å². The molecular weight excluding hydrogens is 218 g/mol. The Bertz CT molecular complexity index is 437. The molecule has 0 aromatic carbocycles. The van der Waals surface area contributed by atoms with Crippen LogP contribution in [0.5, 0.6) is 0 Å². The Balaban J connectivity index is 2.08. The van der Waals surface area contributed by atoms with Crippen LogP contribution in [-0.2, 0) is 6.54 Å². The van der Waals surface area contributed by atoms with Gasteiger partial charge in [-0.3, -0.25) is 4.98 Å². The number of pyridine rings is 1. The van der Waals surface area contributed by atoms with Crippen molar-refractivity contribution < 1.29 is 0 Å². The van der Waals surface area contributed by atoms with E-state index in [-0.39, 0.29) is 0 Å². The lowest BCUT2D eigenvalue weighted by molar-refractivity contribution is 0.583. The number of hydrogen-bond donors (Lipinski definition) is 1. The lowest BCUT2D eigenvalue weighted by Crippen LogP contribution is -2.21. The Morgan fingerprint density at radius 3 is 2.75 bits per heavy atom. The van der Waals surface area contributed by atoms with E-state index in [1.807, 2.05) is 12.1 Å². The Morgan fingerprint density at radius 2 is 2.06 bits per heavy atom. The summed E-state index contributed by atoms with van der Waals surface area (Å²) in [6.45, 7) is 5.10. The molecule has 16 heavy (non-hydrogen) atoms. The molecule has 0 saturated heterocycles. The van der Waals surface area contributed by atoms with E-state index < -0.39 is 0 Å². The van der Waals surface area contributed by atoms with Crippen LogP contribution >= 0.6 is 11.3 Å². The van der Waals surface area contributed by atoms with E-state index in [1.165, 1.54) is 0 Å². The highest BCUT2D eigenvalue weighted by molar-refractivity contribution is 7.13. The molecule has 2 aromatic heterocycles. The van der Waals surface area contributed by atoms with Gasteiger partial charge in [-0.25, -0.2) is 4.98 Å². The molecule has 2 aromatic rings. The fraction of sp³-hybridized carbons (Fsp3) is 0.333. The molecule has 3 nitrogen and oxygen atoms in total. The molecule has 0 aliphatic heterocycles. The number of nitrogens with zero attached hydrogens (tertiary/aromatic N) is 2. The summed E-state index contributed by atoms with van der Waals surface area (Å²) in [5.41, 5.74) is 2.24. The van der Waals surface area contributed by atoms with Gasteiger partial charge in [0.15, 0.2) is 0 Å². The van der Waals surface area contributed by atoms with Gasteiger partial charge >= 0.3 is 0 Å². The second-order valence-electron chi connectivity index (χ2n) is 3.92. The third-order valence-electron chi connectivity index (χ3n) is 2.17. The summed E-state index contributed by atoms with van der Waals surface area (Å²) in [6.07, 6.45) is 3.59. The largest absolute Gasteiger partial charge is 0.309 e. The fourth-order valence-corrected chi connectivity index (χ4v) is 2.15. The molecule has 2 rings (SSSR count). The van der Waals surface area contributed by atoms with Crippen LogP contribution in [-0.4, -0.2) is 16.0 Å². The lowest BCUT2D eigenvalue weighted by Gasteiger charge is -2.04. The first-order valence-electron chi connectivity index (χ1n) is 5.34. The van der Waals surface area contributed by atoms with Crippen molar-refractivity contribution in [1.29, 1.82) is 0 Å². The smallest absolute Gasteiger partial charge is 0.123 e. The fourth-order valence-electron chi connectivity index (χ4n) is 1.32. The minimum Gasteiger partial charge on any atom is -0.309 e. The third-order valence-corrected chi connectivity index (χ3v) is 3.11. The van der Waals surface area contributed by atoms with E-state index in [1.54, 1.807) is 23.7 Å². The molecule has 0 spiro atoms. The zero-order chi connectivity index (χ0) is 11.4. The predicted octanol–water partition coefficient (Wildman–Crippen LogP) is 2.70.